The number of hydrogen-bond acceptors (Lipinski definition) is 5. The highest BCUT2D eigenvalue weighted by Gasteiger charge is 2.30. The van der Waals surface area contributed by atoms with Gasteiger partial charge in [0.25, 0.3) is 5.91 Å². The third-order valence-corrected chi connectivity index (χ3v) is 5.00. The van der Waals surface area contributed by atoms with Gasteiger partial charge in [-0.2, -0.15) is 0 Å². The van der Waals surface area contributed by atoms with Gasteiger partial charge in [-0.1, -0.05) is 0 Å². The highest BCUT2D eigenvalue weighted by atomic mass is 32.1. The third-order valence-electron chi connectivity index (χ3n) is 3.86. The van der Waals surface area contributed by atoms with Crippen LogP contribution in [0.5, 0.6) is 0 Å². The largest absolute Gasteiger partial charge is 0.550 e. The zero-order valence-electron chi connectivity index (χ0n) is 13.5. The van der Waals surface area contributed by atoms with Gasteiger partial charge in [0.05, 0.1) is 24.0 Å². The van der Waals surface area contributed by atoms with Crippen molar-refractivity contribution in [1.29, 1.82) is 0 Å². The van der Waals surface area contributed by atoms with Gasteiger partial charge in [-0.05, 0) is 5.56 Å². The van der Waals surface area contributed by atoms with Gasteiger partial charge in [0.15, 0.2) is 0 Å². The molecule has 0 aliphatic carbocycles. The Morgan fingerprint density at radius 1 is 1.39 bits per heavy atom. The van der Waals surface area contributed by atoms with Gasteiger partial charge < -0.3 is 25.0 Å². The Labute approximate surface area is 138 Å². The number of aliphatic carboxylic acids is 1. The summed E-state index contributed by atoms with van der Waals surface area (Å²) in [7, 11) is 3.65. The normalized spacial score (nSPS) is 16.6. The number of rotatable bonds is 5. The van der Waals surface area contributed by atoms with E-state index >= 15 is 0 Å². The van der Waals surface area contributed by atoms with Crippen molar-refractivity contribution in [2.24, 2.45) is 0 Å². The Morgan fingerprint density at radius 2 is 2.09 bits per heavy atom. The molecule has 0 saturated carbocycles. The number of fused-ring (bicyclic) bond motifs is 1. The topological polar surface area (TPSA) is 94.0 Å². The average Bonchev–Trinajstić information content (AvgIpc) is 2.79. The van der Waals surface area contributed by atoms with Gasteiger partial charge in [0.1, 0.15) is 11.5 Å². The first kappa shape index (κ1) is 17.4. The van der Waals surface area contributed by atoms with Crippen molar-refractivity contribution < 1.29 is 24.4 Å². The second kappa shape index (κ2) is 7.10. The number of carbonyl (C=O) groups excluding carboxylic acids is 3. The van der Waals surface area contributed by atoms with Gasteiger partial charge in [-0.15, -0.1) is 11.3 Å². The minimum atomic E-state index is -1.19. The molecule has 2 N–H and O–H groups in total. The first-order chi connectivity index (χ1) is 10.8. The number of hydrogen-bond donors (Lipinski definition) is 2. The van der Waals surface area contributed by atoms with Crippen LogP contribution in [-0.2, 0) is 22.6 Å². The summed E-state index contributed by atoms with van der Waals surface area (Å²) in [6.45, 7) is 3.23. The fourth-order valence-electron chi connectivity index (χ4n) is 2.65. The molecule has 0 radical (unpaired) electrons. The lowest BCUT2D eigenvalue weighted by Crippen LogP contribution is -3.08. The molecule has 1 aliphatic heterocycles. The van der Waals surface area contributed by atoms with E-state index in [-0.39, 0.29) is 24.8 Å². The van der Waals surface area contributed by atoms with Crippen LogP contribution in [0.25, 0.3) is 0 Å². The average molecular weight is 339 g/mol. The molecule has 0 fully saturated rings. The number of thiophene rings is 1. The van der Waals surface area contributed by atoms with Gasteiger partial charge in [0.2, 0.25) is 5.91 Å². The molecular formula is C15H21N3O4S. The lowest BCUT2D eigenvalue weighted by molar-refractivity contribution is -0.895. The minimum Gasteiger partial charge on any atom is -0.550 e. The quantitative estimate of drug-likeness (QED) is 0.682. The standard InChI is InChI=1S/C15H21N3O4S/c1-9(19)16-14-13(15(22)18(3)7-5-12(20)21)10-4-6-17(2)8-11(10)23-14/h4-8H2,1-3H3,(H,16,19)(H,20,21). The summed E-state index contributed by atoms with van der Waals surface area (Å²) in [6.07, 6.45) is 0.559. The Hall–Kier alpha value is -1.93. The molecule has 0 saturated heterocycles. The molecule has 2 heterocycles. The van der Waals surface area contributed by atoms with E-state index in [4.69, 9.17) is 0 Å². The van der Waals surface area contributed by atoms with Crippen LogP contribution in [-0.4, -0.2) is 49.9 Å². The molecule has 1 aromatic rings. The fraction of sp³-hybridized carbons (Fsp3) is 0.533. The summed E-state index contributed by atoms with van der Waals surface area (Å²) in [5, 5.41) is 13.9. The predicted molar refractivity (Wildman–Crippen MR) is 84.4 cm³/mol. The van der Waals surface area contributed by atoms with E-state index in [9.17, 15) is 19.5 Å². The molecule has 0 aromatic carbocycles. The summed E-state index contributed by atoms with van der Waals surface area (Å²) in [4.78, 5) is 38.6. The second-order valence-electron chi connectivity index (χ2n) is 5.87. The number of amides is 2. The summed E-state index contributed by atoms with van der Waals surface area (Å²) in [5.41, 5.74) is 1.49. The second-order valence-corrected chi connectivity index (χ2v) is 6.98. The van der Waals surface area contributed by atoms with Gasteiger partial charge >= 0.3 is 0 Å². The molecular weight excluding hydrogens is 318 g/mol. The number of carboxylic acid groups (broad SMARTS) is 1. The number of carboxylic acids is 1. The maximum Gasteiger partial charge on any atom is 0.256 e. The fourth-order valence-corrected chi connectivity index (χ4v) is 4.05. The number of quaternary nitrogens is 1. The molecule has 23 heavy (non-hydrogen) atoms. The SMILES string of the molecule is CC(=O)Nc1sc2c(c1C(=O)N(C)CCC(=O)[O-])CC[NH+](C)C2. The maximum absolute atomic E-state index is 12.7. The van der Waals surface area contributed by atoms with Crippen LogP contribution in [0, 0.1) is 0 Å². The van der Waals surface area contributed by atoms with Crippen molar-refractivity contribution in [3.8, 4) is 0 Å². The van der Waals surface area contributed by atoms with Crippen LogP contribution in [0.1, 0.15) is 34.1 Å². The van der Waals surface area contributed by atoms with Gasteiger partial charge in [0, 0.05) is 39.3 Å². The number of likely N-dealkylation sites (N-methyl/N-ethyl adjacent to an activating group) is 1. The Balaban J connectivity index is 2.32. The van der Waals surface area contributed by atoms with Crippen LogP contribution in [0.2, 0.25) is 0 Å². The minimum absolute atomic E-state index is 0.0798. The van der Waals surface area contributed by atoms with Crippen LogP contribution in [0.4, 0.5) is 5.00 Å². The van der Waals surface area contributed by atoms with Crippen molar-refractivity contribution >= 4 is 34.1 Å². The Bertz CT molecular complexity index is 641. The first-order valence-corrected chi connectivity index (χ1v) is 8.30. The summed E-state index contributed by atoms with van der Waals surface area (Å²) in [5.74, 6) is -1.67. The number of nitrogens with zero attached hydrogens (tertiary/aromatic N) is 1. The van der Waals surface area contributed by atoms with Crippen LogP contribution in [0.15, 0.2) is 0 Å². The van der Waals surface area contributed by atoms with Crippen LogP contribution in [0.3, 0.4) is 0 Å². The summed E-state index contributed by atoms with van der Waals surface area (Å²) >= 11 is 1.44. The first-order valence-electron chi connectivity index (χ1n) is 7.48. The molecule has 2 rings (SSSR count). The predicted octanol–water partition coefficient (Wildman–Crippen LogP) is -1.51. The molecule has 2 amide bonds. The molecule has 1 atom stereocenters. The highest BCUT2D eigenvalue weighted by Crippen LogP contribution is 2.35. The van der Waals surface area contributed by atoms with E-state index in [2.05, 4.69) is 12.4 Å². The van der Waals surface area contributed by atoms with Crippen molar-refractivity contribution in [2.75, 3.05) is 32.5 Å². The summed E-state index contributed by atoms with van der Waals surface area (Å²) < 4.78 is 0. The van der Waals surface area contributed by atoms with E-state index in [1.807, 2.05) is 0 Å². The highest BCUT2D eigenvalue weighted by molar-refractivity contribution is 7.17. The maximum atomic E-state index is 12.7. The molecule has 1 aromatic heterocycles. The van der Waals surface area contributed by atoms with E-state index in [0.717, 1.165) is 30.0 Å². The van der Waals surface area contributed by atoms with Crippen molar-refractivity contribution in [1.82, 2.24) is 4.90 Å². The van der Waals surface area contributed by atoms with E-state index in [1.54, 1.807) is 7.05 Å². The molecule has 7 nitrogen and oxygen atoms in total. The van der Waals surface area contributed by atoms with E-state index < -0.39 is 5.97 Å². The Morgan fingerprint density at radius 3 is 2.70 bits per heavy atom. The zero-order valence-corrected chi connectivity index (χ0v) is 14.3. The molecule has 0 spiro atoms. The molecule has 126 valence electrons. The third kappa shape index (κ3) is 4.08. The smallest absolute Gasteiger partial charge is 0.256 e. The van der Waals surface area contributed by atoms with E-state index in [0.29, 0.717) is 10.6 Å². The van der Waals surface area contributed by atoms with Gasteiger partial charge in [-0.25, -0.2) is 0 Å². The molecule has 0 bridgehead atoms. The van der Waals surface area contributed by atoms with Crippen LogP contribution < -0.4 is 15.3 Å². The zero-order chi connectivity index (χ0) is 17.1. The number of anilines is 1. The van der Waals surface area contributed by atoms with Gasteiger partial charge in [-0.3, -0.25) is 9.59 Å². The van der Waals surface area contributed by atoms with E-state index in [1.165, 1.54) is 28.1 Å². The van der Waals surface area contributed by atoms with Crippen molar-refractivity contribution in [2.45, 2.75) is 26.3 Å². The van der Waals surface area contributed by atoms with Crippen LogP contribution >= 0.6 is 11.3 Å². The molecule has 8 heteroatoms. The number of nitrogens with one attached hydrogen (secondary N) is 2. The monoisotopic (exact) mass is 339 g/mol. The Kier molecular flexibility index (Phi) is 5.38. The summed E-state index contributed by atoms with van der Waals surface area (Å²) in [6, 6.07) is 0. The molecule has 1 unspecified atom stereocenters. The van der Waals surface area contributed by atoms with Crippen molar-refractivity contribution in [3.63, 3.8) is 0 Å². The lowest BCUT2D eigenvalue weighted by atomic mass is 10.0. The lowest BCUT2D eigenvalue weighted by Gasteiger charge is -2.22. The van der Waals surface area contributed by atoms with Crippen molar-refractivity contribution in [3.05, 3.63) is 16.0 Å². The number of carbonyl (C=O) groups is 3. The molecule has 1 aliphatic rings.